The Labute approximate surface area is 83.4 Å². The monoisotopic (exact) mass is 196 g/mol. The predicted molar refractivity (Wildman–Crippen MR) is 55.0 cm³/mol. The third kappa shape index (κ3) is 1.80. The lowest BCUT2D eigenvalue weighted by molar-refractivity contribution is 0.431. The maximum atomic E-state index is 9.43. The summed E-state index contributed by atoms with van der Waals surface area (Å²) in [7, 11) is 0. The van der Waals surface area contributed by atoms with Crippen molar-refractivity contribution in [2.45, 2.75) is 31.1 Å². The van der Waals surface area contributed by atoms with Gasteiger partial charge in [0, 0.05) is 0 Å². The van der Waals surface area contributed by atoms with Gasteiger partial charge in [-0.15, -0.1) is 11.6 Å². The minimum atomic E-state index is 0.103. The van der Waals surface area contributed by atoms with E-state index in [0.717, 1.165) is 24.8 Å². The van der Waals surface area contributed by atoms with E-state index in [1.807, 2.05) is 12.2 Å². The Morgan fingerprint density at radius 1 is 1.46 bits per heavy atom. The fraction of sp³-hybridized carbons (Fsp3) is 0.455. The molecule has 0 radical (unpaired) electrons. The Balaban J connectivity index is 2.37. The second-order valence-corrected chi connectivity index (χ2v) is 4.12. The van der Waals surface area contributed by atoms with E-state index in [2.05, 4.69) is 0 Å². The molecule has 0 aliphatic heterocycles. The molecule has 0 saturated carbocycles. The standard InChI is InChI=1S/C11H13ClO/c12-11-6-2-4-8-3-1-5-9(13)7-10(8)11/h1,5,7,11,13H,2-4,6H2. The molecule has 0 aromatic carbocycles. The fourth-order valence-electron chi connectivity index (χ4n) is 1.96. The molecule has 0 heterocycles. The van der Waals surface area contributed by atoms with Crippen LogP contribution < -0.4 is 0 Å². The number of alkyl halides is 1. The third-order valence-electron chi connectivity index (χ3n) is 2.64. The first kappa shape index (κ1) is 8.89. The van der Waals surface area contributed by atoms with Crippen LogP contribution in [0.15, 0.2) is 35.1 Å². The maximum Gasteiger partial charge on any atom is 0.115 e. The van der Waals surface area contributed by atoms with E-state index >= 15 is 0 Å². The molecule has 0 saturated heterocycles. The number of hydrogen-bond acceptors (Lipinski definition) is 1. The van der Waals surface area contributed by atoms with Crippen LogP contribution in [0.25, 0.3) is 0 Å². The molecule has 0 aromatic rings. The zero-order valence-electron chi connectivity index (χ0n) is 7.46. The van der Waals surface area contributed by atoms with E-state index in [0.29, 0.717) is 5.76 Å². The van der Waals surface area contributed by atoms with Crippen molar-refractivity contribution in [2.24, 2.45) is 0 Å². The van der Waals surface area contributed by atoms with Crippen LogP contribution in [0.3, 0.4) is 0 Å². The van der Waals surface area contributed by atoms with Gasteiger partial charge >= 0.3 is 0 Å². The minimum Gasteiger partial charge on any atom is -0.508 e. The van der Waals surface area contributed by atoms with Crippen LogP contribution in [-0.4, -0.2) is 10.5 Å². The largest absolute Gasteiger partial charge is 0.508 e. The molecule has 2 rings (SSSR count). The predicted octanol–water partition coefficient (Wildman–Crippen LogP) is 3.48. The average Bonchev–Trinajstić information content (AvgIpc) is 2.28. The van der Waals surface area contributed by atoms with Crippen LogP contribution in [0.1, 0.15) is 25.7 Å². The summed E-state index contributed by atoms with van der Waals surface area (Å²) in [5.74, 6) is 0.331. The third-order valence-corrected chi connectivity index (χ3v) is 3.09. The smallest absolute Gasteiger partial charge is 0.115 e. The van der Waals surface area contributed by atoms with Crippen molar-refractivity contribution in [3.8, 4) is 0 Å². The summed E-state index contributed by atoms with van der Waals surface area (Å²) in [5, 5.41) is 9.53. The highest BCUT2D eigenvalue weighted by Crippen LogP contribution is 2.33. The van der Waals surface area contributed by atoms with Crippen molar-refractivity contribution >= 4 is 11.6 Å². The molecule has 1 unspecified atom stereocenters. The number of aliphatic hydroxyl groups excluding tert-OH is 1. The molecule has 0 aromatic heterocycles. The van der Waals surface area contributed by atoms with Crippen LogP contribution in [0.4, 0.5) is 0 Å². The first-order valence-electron chi connectivity index (χ1n) is 4.70. The molecule has 2 aliphatic carbocycles. The number of hydrogen-bond donors (Lipinski definition) is 1. The lowest BCUT2D eigenvalue weighted by atomic mass is 9.90. The van der Waals surface area contributed by atoms with Gasteiger partial charge in [-0.3, -0.25) is 0 Å². The molecular weight excluding hydrogens is 184 g/mol. The molecule has 2 aliphatic rings. The van der Waals surface area contributed by atoms with Crippen LogP contribution in [0.2, 0.25) is 0 Å². The van der Waals surface area contributed by atoms with Crippen molar-refractivity contribution in [1.29, 1.82) is 0 Å². The van der Waals surface area contributed by atoms with Gasteiger partial charge in [0.15, 0.2) is 0 Å². The van der Waals surface area contributed by atoms with Gasteiger partial charge in [-0.05, 0) is 43.4 Å². The summed E-state index contributed by atoms with van der Waals surface area (Å²) in [5.41, 5.74) is 2.54. The number of rotatable bonds is 0. The van der Waals surface area contributed by atoms with Crippen LogP contribution >= 0.6 is 11.6 Å². The van der Waals surface area contributed by atoms with Crippen molar-refractivity contribution in [3.05, 3.63) is 35.1 Å². The molecule has 1 N–H and O–H groups in total. The van der Waals surface area contributed by atoms with Gasteiger partial charge in [-0.1, -0.05) is 11.6 Å². The minimum absolute atomic E-state index is 0.103. The van der Waals surface area contributed by atoms with Gasteiger partial charge in [0.05, 0.1) is 5.38 Å². The lowest BCUT2D eigenvalue weighted by Gasteiger charge is -2.21. The summed E-state index contributed by atoms with van der Waals surface area (Å²) in [6, 6.07) is 0. The number of halogens is 1. The first-order valence-corrected chi connectivity index (χ1v) is 5.14. The summed E-state index contributed by atoms with van der Waals surface area (Å²) in [4.78, 5) is 0. The second-order valence-electron chi connectivity index (χ2n) is 3.59. The van der Waals surface area contributed by atoms with Gasteiger partial charge in [0.1, 0.15) is 5.76 Å². The summed E-state index contributed by atoms with van der Waals surface area (Å²) < 4.78 is 0. The van der Waals surface area contributed by atoms with E-state index in [4.69, 9.17) is 11.6 Å². The summed E-state index contributed by atoms with van der Waals surface area (Å²) >= 11 is 6.19. The zero-order chi connectivity index (χ0) is 9.26. The molecule has 1 nitrogen and oxygen atoms in total. The van der Waals surface area contributed by atoms with Crippen molar-refractivity contribution in [3.63, 3.8) is 0 Å². The highest BCUT2D eigenvalue weighted by Gasteiger charge is 2.20. The van der Waals surface area contributed by atoms with Crippen LogP contribution in [0.5, 0.6) is 0 Å². The van der Waals surface area contributed by atoms with Gasteiger partial charge in [0.2, 0.25) is 0 Å². The maximum absolute atomic E-state index is 9.43. The van der Waals surface area contributed by atoms with Crippen molar-refractivity contribution < 1.29 is 5.11 Å². The molecule has 2 heteroatoms. The highest BCUT2D eigenvalue weighted by molar-refractivity contribution is 6.22. The fourth-order valence-corrected chi connectivity index (χ4v) is 2.33. The Kier molecular flexibility index (Phi) is 2.45. The zero-order valence-corrected chi connectivity index (χ0v) is 8.22. The van der Waals surface area contributed by atoms with Crippen LogP contribution in [-0.2, 0) is 0 Å². The molecule has 0 amide bonds. The molecule has 0 spiro atoms. The van der Waals surface area contributed by atoms with E-state index in [9.17, 15) is 5.11 Å². The molecular formula is C11H13ClO. The SMILES string of the molecule is OC1=CC2=C(CC=C1)CCCC2Cl. The molecule has 0 fully saturated rings. The van der Waals surface area contributed by atoms with Gasteiger partial charge in [-0.2, -0.15) is 0 Å². The number of aliphatic hydroxyl groups is 1. The Bertz CT molecular complexity index is 299. The van der Waals surface area contributed by atoms with Gasteiger partial charge in [-0.25, -0.2) is 0 Å². The van der Waals surface area contributed by atoms with Gasteiger partial charge < -0.3 is 5.11 Å². The molecule has 13 heavy (non-hydrogen) atoms. The van der Waals surface area contributed by atoms with Gasteiger partial charge in [0.25, 0.3) is 0 Å². The van der Waals surface area contributed by atoms with Crippen molar-refractivity contribution in [1.82, 2.24) is 0 Å². The quantitative estimate of drug-likeness (QED) is 0.589. The van der Waals surface area contributed by atoms with E-state index in [1.165, 1.54) is 12.0 Å². The first-order chi connectivity index (χ1) is 6.27. The molecule has 1 atom stereocenters. The Morgan fingerprint density at radius 3 is 3.15 bits per heavy atom. The highest BCUT2D eigenvalue weighted by atomic mass is 35.5. The number of allylic oxidation sites excluding steroid dienone is 5. The Morgan fingerprint density at radius 2 is 2.31 bits per heavy atom. The summed E-state index contributed by atoms with van der Waals surface area (Å²) in [6.07, 6.45) is 9.85. The normalized spacial score (nSPS) is 28.1. The molecule has 0 bridgehead atoms. The van der Waals surface area contributed by atoms with E-state index in [-0.39, 0.29) is 5.38 Å². The molecule has 70 valence electrons. The van der Waals surface area contributed by atoms with E-state index in [1.54, 1.807) is 6.08 Å². The van der Waals surface area contributed by atoms with Crippen molar-refractivity contribution in [2.75, 3.05) is 0 Å². The van der Waals surface area contributed by atoms with E-state index < -0.39 is 0 Å². The Hall–Kier alpha value is -0.690. The lowest BCUT2D eigenvalue weighted by Crippen LogP contribution is -2.10. The van der Waals surface area contributed by atoms with Crippen LogP contribution in [0, 0.1) is 0 Å². The second kappa shape index (κ2) is 3.59. The topological polar surface area (TPSA) is 20.2 Å². The average molecular weight is 197 g/mol. The summed E-state index contributed by atoms with van der Waals surface area (Å²) in [6.45, 7) is 0.